The summed E-state index contributed by atoms with van der Waals surface area (Å²) in [4.78, 5) is 15.8. The van der Waals surface area contributed by atoms with Crippen LogP contribution < -0.4 is 14.4 Å². The maximum absolute atomic E-state index is 13.4. The summed E-state index contributed by atoms with van der Waals surface area (Å²) in [5, 5.41) is 12.8. The fourth-order valence-corrected chi connectivity index (χ4v) is 9.33. The largest absolute Gasteiger partial charge is 0.490 e. The van der Waals surface area contributed by atoms with Gasteiger partial charge in [-0.25, -0.2) is 4.21 Å². The van der Waals surface area contributed by atoms with Gasteiger partial charge in [0.05, 0.1) is 23.1 Å². The lowest BCUT2D eigenvalue weighted by atomic mass is 9.62. The molecule has 0 radical (unpaired) electrons. The second-order valence-corrected chi connectivity index (χ2v) is 16.3. The first-order valence-electron chi connectivity index (χ1n) is 16.4. The van der Waals surface area contributed by atoms with E-state index in [9.17, 15) is 14.1 Å². The number of hydrogen-bond donors (Lipinski definition) is 2. The molecular formula is C36H47ClN2O4S. The van der Waals surface area contributed by atoms with E-state index in [1.165, 1.54) is 11.1 Å². The lowest BCUT2D eigenvalue weighted by Crippen LogP contribution is -2.52. The number of nitrogens with zero attached hydrogens (tertiary/aromatic N) is 1. The Labute approximate surface area is 270 Å². The number of amides is 1. The molecule has 2 N–H and O–H groups in total. The number of nitrogens with one attached hydrogen (secondary N) is 1. The number of carbonyl (C=O) groups excluding carboxylic acids is 1. The first-order valence-corrected chi connectivity index (χ1v) is 18.0. The van der Waals surface area contributed by atoms with E-state index in [4.69, 9.17) is 16.3 Å². The molecular weight excluding hydrogens is 592 g/mol. The second-order valence-electron chi connectivity index (χ2n) is 14.4. The summed E-state index contributed by atoms with van der Waals surface area (Å²) in [5.74, 6) is 1.28. The summed E-state index contributed by atoms with van der Waals surface area (Å²) in [5.41, 5.74) is 2.84. The standard InChI is InChI=1S/C36H47ClN2O4S/c1-23(2)19-36(41)16-5-7-24(3)25(4)44(42)38-34(40)27-10-14-33-32(18-27)39(20-28-9-12-31(28)36)21-35(22-43-33)15-6-8-26-17-29(37)11-13-30(26)35/h5,10-11,13-14,16-18,23-25,28,31,41H,6-9,12,15,19-22H2,1-4H3,(H,38,40)/b16-5+/t24?,25?,28?,31?,35-,36-,44?/m0/s1. The number of fused-ring (bicyclic) bond motifs is 4. The Morgan fingerprint density at radius 1 is 1.18 bits per heavy atom. The molecule has 7 atom stereocenters. The minimum absolute atomic E-state index is 0.0705. The number of aryl methyl sites for hydroxylation is 1. The minimum Gasteiger partial charge on any atom is -0.490 e. The van der Waals surface area contributed by atoms with Crippen molar-refractivity contribution in [2.24, 2.45) is 23.7 Å². The van der Waals surface area contributed by atoms with Crippen molar-refractivity contribution in [3.05, 3.63) is 70.3 Å². The Morgan fingerprint density at radius 2 is 2.00 bits per heavy atom. The average molecular weight is 639 g/mol. The smallest absolute Gasteiger partial charge is 0.263 e. The molecule has 0 aromatic heterocycles. The van der Waals surface area contributed by atoms with Gasteiger partial charge in [0.1, 0.15) is 16.7 Å². The van der Waals surface area contributed by atoms with Crippen LogP contribution in [0.2, 0.25) is 5.02 Å². The Morgan fingerprint density at radius 3 is 2.75 bits per heavy atom. The highest BCUT2D eigenvalue weighted by Crippen LogP contribution is 2.49. The zero-order valence-corrected chi connectivity index (χ0v) is 28.1. The van der Waals surface area contributed by atoms with Crippen molar-refractivity contribution in [2.45, 2.75) is 88.9 Å². The number of carbonyl (C=O) groups is 1. The average Bonchev–Trinajstić information content (AvgIpc) is 3.10. The number of ether oxygens (including phenoxy) is 1. The molecule has 2 bridgehead atoms. The molecule has 8 heteroatoms. The van der Waals surface area contributed by atoms with E-state index in [1.807, 2.05) is 31.2 Å². The molecule has 2 aliphatic carbocycles. The molecule has 2 aromatic rings. The first-order chi connectivity index (χ1) is 21.0. The highest BCUT2D eigenvalue weighted by atomic mass is 35.5. The molecule has 2 aliphatic heterocycles. The van der Waals surface area contributed by atoms with Crippen LogP contribution >= 0.6 is 11.6 Å². The molecule has 0 saturated heterocycles. The van der Waals surface area contributed by atoms with Crippen LogP contribution in [-0.4, -0.2) is 45.8 Å². The van der Waals surface area contributed by atoms with Crippen molar-refractivity contribution < 1.29 is 18.8 Å². The van der Waals surface area contributed by atoms with Crippen LogP contribution in [0.3, 0.4) is 0 Å². The van der Waals surface area contributed by atoms with Crippen LogP contribution in [0.1, 0.15) is 87.7 Å². The Kier molecular flexibility index (Phi) is 8.95. The molecule has 1 amide bonds. The highest BCUT2D eigenvalue weighted by Gasteiger charge is 2.48. The predicted molar refractivity (Wildman–Crippen MR) is 179 cm³/mol. The van der Waals surface area contributed by atoms with Crippen LogP contribution in [0.5, 0.6) is 5.75 Å². The number of anilines is 1. The van der Waals surface area contributed by atoms with E-state index in [0.717, 1.165) is 61.7 Å². The van der Waals surface area contributed by atoms with Crippen molar-refractivity contribution in [3.8, 4) is 5.75 Å². The quantitative estimate of drug-likeness (QED) is 0.347. The van der Waals surface area contributed by atoms with Gasteiger partial charge in [0, 0.05) is 29.1 Å². The molecule has 6 nitrogen and oxygen atoms in total. The van der Waals surface area contributed by atoms with E-state index in [-0.39, 0.29) is 28.4 Å². The minimum atomic E-state index is -1.55. The number of halogens is 1. The molecule has 44 heavy (non-hydrogen) atoms. The normalized spacial score (nSPS) is 34.7. The number of aliphatic hydroxyl groups is 1. The maximum Gasteiger partial charge on any atom is 0.263 e. The Balaban J connectivity index is 1.43. The zero-order chi connectivity index (χ0) is 31.2. The van der Waals surface area contributed by atoms with Crippen molar-refractivity contribution in [2.75, 3.05) is 24.6 Å². The topological polar surface area (TPSA) is 78.9 Å². The van der Waals surface area contributed by atoms with E-state index in [0.29, 0.717) is 36.8 Å². The monoisotopic (exact) mass is 638 g/mol. The molecule has 2 aromatic carbocycles. The fraction of sp³-hybridized carbons (Fsp3) is 0.583. The van der Waals surface area contributed by atoms with Crippen molar-refractivity contribution in [1.82, 2.24) is 4.72 Å². The zero-order valence-electron chi connectivity index (χ0n) is 26.5. The molecule has 1 saturated carbocycles. The Hall–Kier alpha value is -2.35. The molecule has 6 rings (SSSR count). The number of allylic oxidation sites excluding steroid dienone is 1. The van der Waals surface area contributed by atoms with Gasteiger partial charge in [-0.15, -0.1) is 0 Å². The summed E-state index contributed by atoms with van der Waals surface area (Å²) in [6, 6.07) is 11.9. The number of hydrogen-bond acceptors (Lipinski definition) is 5. The first kappa shape index (κ1) is 31.6. The van der Waals surface area contributed by atoms with E-state index < -0.39 is 16.6 Å². The van der Waals surface area contributed by atoms with Gasteiger partial charge in [0.25, 0.3) is 5.91 Å². The molecule has 5 unspecified atom stereocenters. The summed E-state index contributed by atoms with van der Waals surface area (Å²) in [6.07, 6.45) is 10.6. The molecule has 238 valence electrons. The van der Waals surface area contributed by atoms with E-state index in [2.05, 4.69) is 48.6 Å². The van der Waals surface area contributed by atoms with Crippen LogP contribution in [-0.2, 0) is 22.8 Å². The van der Waals surface area contributed by atoms with Crippen LogP contribution in [0, 0.1) is 23.7 Å². The number of benzene rings is 2. The molecule has 2 heterocycles. The van der Waals surface area contributed by atoms with Gasteiger partial charge in [0.2, 0.25) is 0 Å². The lowest BCUT2D eigenvalue weighted by molar-refractivity contribution is -0.0577. The highest BCUT2D eigenvalue weighted by molar-refractivity contribution is 7.84. The number of rotatable bonds is 2. The van der Waals surface area contributed by atoms with Gasteiger partial charge < -0.3 is 14.7 Å². The van der Waals surface area contributed by atoms with Gasteiger partial charge in [0.15, 0.2) is 0 Å². The van der Waals surface area contributed by atoms with Crippen molar-refractivity contribution in [1.29, 1.82) is 0 Å². The summed E-state index contributed by atoms with van der Waals surface area (Å²) >= 11 is 6.44. The molecule has 1 spiro atoms. The van der Waals surface area contributed by atoms with Crippen molar-refractivity contribution >= 4 is 34.2 Å². The summed E-state index contributed by atoms with van der Waals surface area (Å²) < 4.78 is 22.7. The van der Waals surface area contributed by atoms with Gasteiger partial charge in [-0.05, 0) is 117 Å². The fourth-order valence-electron chi connectivity index (χ4n) is 8.11. The van der Waals surface area contributed by atoms with E-state index in [1.54, 1.807) is 6.07 Å². The van der Waals surface area contributed by atoms with Gasteiger partial charge >= 0.3 is 0 Å². The van der Waals surface area contributed by atoms with Crippen LogP contribution in [0.15, 0.2) is 48.6 Å². The van der Waals surface area contributed by atoms with Crippen molar-refractivity contribution in [3.63, 3.8) is 0 Å². The van der Waals surface area contributed by atoms with Crippen LogP contribution in [0.25, 0.3) is 0 Å². The second kappa shape index (κ2) is 12.4. The third-order valence-electron chi connectivity index (χ3n) is 10.8. The maximum atomic E-state index is 13.4. The predicted octanol–water partition coefficient (Wildman–Crippen LogP) is 6.99. The third kappa shape index (κ3) is 6.09. The SMILES string of the molecule is CC(C)C[C@@]1(O)/C=C/CC(C)C(C)S(=O)NC(=O)c2ccc3c(c2)N(CC2CCC21)C[C@@]1(CCCc2cc(Cl)ccc21)CO3. The van der Waals surface area contributed by atoms with Crippen LogP contribution in [0.4, 0.5) is 5.69 Å². The summed E-state index contributed by atoms with van der Waals surface area (Å²) in [6.45, 7) is 10.4. The van der Waals surface area contributed by atoms with Gasteiger partial charge in [-0.3, -0.25) is 9.52 Å². The van der Waals surface area contributed by atoms with Gasteiger partial charge in [-0.1, -0.05) is 50.6 Å². The third-order valence-corrected chi connectivity index (χ3v) is 12.6. The van der Waals surface area contributed by atoms with Gasteiger partial charge in [-0.2, -0.15) is 0 Å². The Bertz CT molecular complexity index is 1460. The summed E-state index contributed by atoms with van der Waals surface area (Å²) in [7, 11) is -1.55. The lowest BCUT2D eigenvalue weighted by Gasteiger charge is -2.49. The molecule has 1 fully saturated rings. The van der Waals surface area contributed by atoms with E-state index >= 15 is 0 Å². The molecule has 4 aliphatic rings.